The van der Waals surface area contributed by atoms with Crippen molar-refractivity contribution < 1.29 is 23.9 Å². The van der Waals surface area contributed by atoms with Crippen LogP contribution in [0.4, 0.5) is 5.69 Å². The molecule has 0 aromatic heterocycles. The zero-order chi connectivity index (χ0) is 19.1. The molecule has 0 atom stereocenters. The van der Waals surface area contributed by atoms with Crippen molar-refractivity contribution in [3.63, 3.8) is 0 Å². The van der Waals surface area contributed by atoms with Gasteiger partial charge in [0.2, 0.25) is 5.91 Å². The largest absolute Gasteiger partial charge is 0.465 e. The summed E-state index contributed by atoms with van der Waals surface area (Å²) in [7, 11) is 2.46. The molecule has 0 aliphatic heterocycles. The molecule has 0 spiro atoms. The Kier molecular flexibility index (Phi) is 6.52. The molecule has 26 heavy (non-hydrogen) atoms. The first-order valence-corrected chi connectivity index (χ1v) is 7.88. The summed E-state index contributed by atoms with van der Waals surface area (Å²) < 4.78 is 9.33. The standard InChI is InChI=1S/C19H16ClNO5/c1-25-18(23)13-7-9-14(19(24)26-2)16(11-13)21-17(22)10-8-12-5-3-4-6-15(12)20/h3-11H,1-2H3,(H,21,22)/b10-8+. The second kappa shape index (κ2) is 8.82. The number of anilines is 1. The van der Waals surface area contributed by atoms with Gasteiger partial charge in [0.15, 0.2) is 0 Å². The Bertz CT molecular complexity index is 876. The van der Waals surface area contributed by atoms with Gasteiger partial charge in [-0.05, 0) is 35.9 Å². The average molecular weight is 374 g/mol. The third-order valence-electron chi connectivity index (χ3n) is 3.42. The van der Waals surface area contributed by atoms with Crippen molar-refractivity contribution in [3.05, 3.63) is 70.3 Å². The Morgan fingerprint density at radius 1 is 1.00 bits per heavy atom. The van der Waals surface area contributed by atoms with Crippen molar-refractivity contribution in [2.24, 2.45) is 0 Å². The van der Waals surface area contributed by atoms with Crippen LogP contribution >= 0.6 is 11.6 Å². The van der Waals surface area contributed by atoms with E-state index in [1.807, 2.05) is 0 Å². The predicted octanol–water partition coefficient (Wildman–Crippen LogP) is 3.57. The predicted molar refractivity (Wildman–Crippen MR) is 98.2 cm³/mol. The van der Waals surface area contributed by atoms with Gasteiger partial charge in [-0.2, -0.15) is 0 Å². The quantitative estimate of drug-likeness (QED) is 0.640. The highest BCUT2D eigenvalue weighted by Gasteiger charge is 2.16. The fourth-order valence-electron chi connectivity index (χ4n) is 2.13. The number of nitrogens with one attached hydrogen (secondary N) is 1. The number of hydrogen-bond donors (Lipinski definition) is 1. The molecule has 0 bridgehead atoms. The molecule has 7 heteroatoms. The molecular formula is C19H16ClNO5. The van der Waals surface area contributed by atoms with E-state index in [9.17, 15) is 14.4 Å². The van der Waals surface area contributed by atoms with E-state index in [-0.39, 0.29) is 16.8 Å². The van der Waals surface area contributed by atoms with Gasteiger partial charge in [0.25, 0.3) is 0 Å². The van der Waals surface area contributed by atoms with E-state index >= 15 is 0 Å². The zero-order valence-corrected chi connectivity index (χ0v) is 14.9. The van der Waals surface area contributed by atoms with Crippen molar-refractivity contribution in [1.29, 1.82) is 0 Å². The lowest BCUT2D eigenvalue weighted by Gasteiger charge is -2.10. The van der Waals surface area contributed by atoms with Crippen molar-refractivity contribution in [2.45, 2.75) is 0 Å². The minimum Gasteiger partial charge on any atom is -0.465 e. The second-order valence-electron chi connectivity index (χ2n) is 5.09. The van der Waals surface area contributed by atoms with E-state index in [0.717, 1.165) is 0 Å². The normalized spacial score (nSPS) is 10.4. The van der Waals surface area contributed by atoms with Gasteiger partial charge >= 0.3 is 11.9 Å². The van der Waals surface area contributed by atoms with Crippen molar-refractivity contribution in [3.8, 4) is 0 Å². The highest BCUT2D eigenvalue weighted by Crippen LogP contribution is 2.20. The second-order valence-corrected chi connectivity index (χ2v) is 5.49. The van der Waals surface area contributed by atoms with Crippen LogP contribution in [0, 0.1) is 0 Å². The number of halogens is 1. The van der Waals surface area contributed by atoms with E-state index in [4.69, 9.17) is 11.6 Å². The Balaban J connectivity index is 2.28. The molecule has 6 nitrogen and oxygen atoms in total. The van der Waals surface area contributed by atoms with Crippen molar-refractivity contribution in [2.75, 3.05) is 19.5 Å². The number of carbonyl (C=O) groups excluding carboxylic acids is 3. The number of amides is 1. The lowest BCUT2D eigenvalue weighted by Crippen LogP contribution is -2.14. The molecule has 0 heterocycles. The molecule has 0 saturated carbocycles. The molecule has 0 radical (unpaired) electrons. The summed E-state index contributed by atoms with van der Waals surface area (Å²) in [6.07, 6.45) is 2.81. The van der Waals surface area contributed by atoms with Crippen molar-refractivity contribution >= 4 is 41.2 Å². The van der Waals surface area contributed by atoms with Gasteiger partial charge in [0.05, 0.1) is 31.0 Å². The summed E-state index contributed by atoms with van der Waals surface area (Å²) in [5, 5.41) is 3.06. The maximum absolute atomic E-state index is 12.2. The zero-order valence-electron chi connectivity index (χ0n) is 14.1. The highest BCUT2D eigenvalue weighted by molar-refractivity contribution is 6.32. The number of benzene rings is 2. The minimum absolute atomic E-state index is 0.111. The fraction of sp³-hybridized carbons (Fsp3) is 0.105. The van der Waals surface area contributed by atoms with Gasteiger partial charge in [0.1, 0.15) is 0 Å². The van der Waals surface area contributed by atoms with Crippen LogP contribution in [0.3, 0.4) is 0 Å². The van der Waals surface area contributed by atoms with Gasteiger partial charge in [-0.25, -0.2) is 9.59 Å². The van der Waals surface area contributed by atoms with Crippen LogP contribution in [0.25, 0.3) is 6.08 Å². The van der Waals surface area contributed by atoms with Crippen LogP contribution in [0.2, 0.25) is 5.02 Å². The highest BCUT2D eigenvalue weighted by atomic mass is 35.5. The van der Waals surface area contributed by atoms with E-state index in [0.29, 0.717) is 10.6 Å². The summed E-state index contributed by atoms with van der Waals surface area (Å²) in [5.41, 5.74) is 1.10. The lowest BCUT2D eigenvalue weighted by atomic mass is 10.1. The number of methoxy groups -OCH3 is 2. The van der Waals surface area contributed by atoms with E-state index in [1.54, 1.807) is 30.3 Å². The van der Waals surface area contributed by atoms with Gasteiger partial charge in [0, 0.05) is 11.1 Å². The molecule has 2 rings (SSSR count). The van der Waals surface area contributed by atoms with E-state index in [2.05, 4.69) is 14.8 Å². The fourth-order valence-corrected chi connectivity index (χ4v) is 2.33. The number of ether oxygens (including phenoxy) is 2. The molecule has 0 aliphatic carbocycles. The molecule has 0 fully saturated rings. The minimum atomic E-state index is -0.646. The molecule has 0 unspecified atom stereocenters. The van der Waals surface area contributed by atoms with Crippen LogP contribution in [0.1, 0.15) is 26.3 Å². The molecular weight excluding hydrogens is 358 g/mol. The number of esters is 2. The van der Waals surface area contributed by atoms with E-state index < -0.39 is 17.8 Å². The summed E-state index contributed by atoms with van der Waals surface area (Å²) in [6, 6.07) is 11.2. The molecule has 0 aliphatic rings. The number of hydrogen-bond acceptors (Lipinski definition) is 5. The summed E-state index contributed by atoms with van der Waals surface area (Å²) >= 11 is 6.03. The van der Waals surface area contributed by atoms with Gasteiger partial charge in [-0.1, -0.05) is 29.8 Å². The van der Waals surface area contributed by atoms with Gasteiger partial charge < -0.3 is 14.8 Å². The summed E-state index contributed by atoms with van der Waals surface area (Å²) in [4.78, 5) is 35.7. The Hall–Kier alpha value is -3.12. The first-order chi connectivity index (χ1) is 12.5. The maximum Gasteiger partial charge on any atom is 0.339 e. The molecule has 1 amide bonds. The topological polar surface area (TPSA) is 81.7 Å². The van der Waals surface area contributed by atoms with Crippen LogP contribution in [-0.2, 0) is 14.3 Å². The summed E-state index contributed by atoms with van der Waals surface area (Å²) in [5.74, 6) is -1.74. The maximum atomic E-state index is 12.2. The third-order valence-corrected chi connectivity index (χ3v) is 3.77. The van der Waals surface area contributed by atoms with Gasteiger partial charge in [-0.3, -0.25) is 4.79 Å². The van der Waals surface area contributed by atoms with Crippen molar-refractivity contribution in [1.82, 2.24) is 0 Å². The molecule has 0 saturated heterocycles. The third kappa shape index (κ3) is 4.70. The van der Waals surface area contributed by atoms with Crippen LogP contribution in [0.15, 0.2) is 48.5 Å². The Morgan fingerprint density at radius 2 is 1.69 bits per heavy atom. The lowest BCUT2D eigenvalue weighted by molar-refractivity contribution is -0.111. The Morgan fingerprint density at radius 3 is 2.35 bits per heavy atom. The van der Waals surface area contributed by atoms with Crippen LogP contribution in [0.5, 0.6) is 0 Å². The monoisotopic (exact) mass is 373 g/mol. The van der Waals surface area contributed by atoms with Gasteiger partial charge in [-0.15, -0.1) is 0 Å². The SMILES string of the molecule is COC(=O)c1ccc(C(=O)OC)c(NC(=O)/C=C/c2ccccc2Cl)c1. The summed E-state index contributed by atoms with van der Waals surface area (Å²) in [6.45, 7) is 0. The van der Waals surface area contributed by atoms with E-state index in [1.165, 1.54) is 38.5 Å². The smallest absolute Gasteiger partial charge is 0.339 e. The Labute approximate surface area is 155 Å². The molecule has 2 aromatic rings. The number of rotatable bonds is 5. The molecule has 1 N–H and O–H groups in total. The molecule has 134 valence electrons. The first kappa shape index (κ1) is 19.2. The van der Waals surface area contributed by atoms with Crippen LogP contribution in [-0.4, -0.2) is 32.1 Å². The number of carbonyl (C=O) groups is 3. The molecule has 2 aromatic carbocycles. The first-order valence-electron chi connectivity index (χ1n) is 7.50. The average Bonchev–Trinajstić information content (AvgIpc) is 2.66. The van der Waals surface area contributed by atoms with Crippen LogP contribution < -0.4 is 5.32 Å².